The van der Waals surface area contributed by atoms with Gasteiger partial charge in [-0.05, 0) is 41.3 Å². The van der Waals surface area contributed by atoms with Gasteiger partial charge in [-0.25, -0.2) is 13.4 Å². The van der Waals surface area contributed by atoms with Crippen LogP contribution < -0.4 is 5.32 Å². The minimum absolute atomic E-state index is 0.0146. The van der Waals surface area contributed by atoms with Crippen LogP contribution in [-0.2, 0) is 40.3 Å². The summed E-state index contributed by atoms with van der Waals surface area (Å²) in [6.45, 7) is 6.81. The van der Waals surface area contributed by atoms with Crippen LogP contribution in [0, 0.1) is 5.92 Å². The van der Waals surface area contributed by atoms with Gasteiger partial charge in [0.2, 0.25) is 5.91 Å². The molecule has 1 aliphatic heterocycles. The molecule has 1 atom stereocenters. The van der Waals surface area contributed by atoms with E-state index in [0.717, 1.165) is 28.3 Å². The van der Waals surface area contributed by atoms with Crippen LogP contribution in [0.2, 0.25) is 0 Å². The van der Waals surface area contributed by atoms with Crippen molar-refractivity contribution in [3.63, 3.8) is 0 Å². The predicted molar refractivity (Wildman–Crippen MR) is 137 cm³/mol. The molecule has 2 aromatic carbocycles. The Kier molecular flexibility index (Phi) is 7.77. The minimum Gasteiger partial charge on any atom is -0.302 e. The number of hydrogen-bond donors (Lipinski definition) is 1. The fourth-order valence-electron chi connectivity index (χ4n) is 4.47. The minimum atomic E-state index is -4.36. The summed E-state index contributed by atoms with van der Waals surface area (Å²) in [6.07, 6.45) is -4.27. The number of fused-ring (bicyclic) bond motifs is 1. The first-order valence-corrected chi connectivity index (χ1v) is 14.4. The van der Waals surface area contributed by atoms with Gasteiger partial charge in [-0.15, -0.1) is 11.3 Å². The number of carbonyl (C=O) groups excluding carboxylic acids is 1. The van der Waals surface area contributed by atoms with Crippen LogP contribution in [0.1, 0.15) is 54.1 Å². The van der Waals surface area contributed by atoms with Crippen LogP contribution in [0.3, 0.4) is 0 Å². The van der Waals surface area contributed by atoms with Crippen molar-refractivity contribution in [1.29, 1.82) is 0 Å². The number of carbonyl (C=O) groups is 1. The lowest BCUT2D eigenvalue weighted by Gasteiger charge is -2.27. The van der Waals surface area contributed by atoms with E-state index in [4.69, 9.17) is 0 Å². The molecule has 0 unspecified atom stereocenters. The normalized spacial score (nSPS) is 16.2. The van der Waals surface area contributed by atoms with E-state index in [0.29, 0.717) is 23.8 Å². The highest BCUT2D eigenvalue weighted by Crippen LogP contribution is 2.43. The third kappa shape index (κ3) is 6.22. The smallest absolute Gasteiger partial charge is 0.302 e. The second kappa shape index (κ2) is 10.5. The number of sulfone groups is 1. The lowest BCUT2D eigenvalue weighted by Crippen LogP contribution is -2.26. The van der Waals surface area contributed by atoms with E-state index >= 15 is 0 Å². The van der Waals surface area contributed by atoms with E-state index in [-0.39, 0.29) is 34.9 Å². The molecule has 1 aromatic heterocycles. The van der Waals surface area contributed by atoms with Crippen LogP contribution in [0.4, 0.5) is 18.3 Å². The Hall–Kier alpha value is -2.76. The van der Waals surface area contributed by atoms with Crippen LogP contribution in [0.25, 0.3) is 0 Å². The van der Waals surface area contributed by atoms with Crippen molar-refractivity contribution in [2.45, 2.75) is 57.4 Å². The number of nitrogens with one attached hydrogen (secondary N) is 1. The number of hydrogen-bond acceptors (Lipinski definition) is 6. The predicted octanol–water partition coefficient (Wildman–Crippen LogP) is 5.85. The number of halogens is 3. The van der Waals surface area contributed by atoms with Crippen LogP contribution in [0.5, 0.6) is 0 Å². The first kappa shape index (κ1) is 27.3. The Morgan fingerprint density at radius 3 is 2.30 bits per heavy atom. The third-order valence-corrected chi connectivity index (χ3v) is 9.04. The summed E-state index contributed by atoms with van der Waals surface area (Å²) in [5, 5.41) is 3.35. The molecule has 3 aromatic rings. The molecule has 37 heavy (non-hydrogen) atoms. The number of rotatable bonds is 8. The van der Waals surface area contributed by atoms with Crippen molar-refractivity contribution in [3.05, 3.63) is 75.8 Å². The molecule has 0 bridgehead atoms. The molecule has 6 nitrogen and oxygen atoms in total. The van der Waals surface area contributed by atoms with Crippen molar-refractivity contribution in [2.75, 3.05) is 11.1 Å². The molecule has 0 saturated carbocycles. The van der Waals surface area contributed by atoms with Crippen LogP contribution in [0.15, 0.2) is 53.4 Å². The number of amides is 1. The van der Waals surface area contributed by atoms with E-state index in [1.54, 1.807) is 19.1 Å². The molecule has 0 radical (unpaired) electrons. The number of anilines is 1. The molecule has 198 valence electrons. The quantitative estimate of drug-likeness (QED) is 0.380. The summed E-state index contributed by atoms with van der Waals surface area (Å²) < 4.78 is 62.6. The maximum Gasteiger partial charge on any atom is 0.416 e. The average molecular weight is 552 g/mol. The summed E-state index contributed by atoms with van der Waals surface area (Å²) in [7, 11) is -3.29. The number of thiazole rings is 1. The van der Waals surface area contributed by atoms with Crippen LogP contribution >= 0.6 is 11.3 Å². The van der Waals surface area contributed by atoms with Gasteiger partial charge in [0.15, 0.2) is 15.0 Å². The maximum atomic E-state index is 12.9. The molecule has 1 aliphatic rings. The largest absolute Gasteiger partial charge is 0.416 e. The summed E-state index contributed by atoms with van der Waals surface area (Å²) in [4.78, 5) is 20.7. The van der Waals surface area contributed by atoms with Gasteiger partial charge in [-0.3, -0.25) is 9.69 Å². The molecule has 0 fully saturated rings. The average Bonchev–Trinajstić information content (AvgIpc) is 3.35. The second-order valence-electron chi connectivity index (χ2n) is 9.39. The van der Waals surface area contributed by atoms with E-state index in [1.807, 2.05) is 0 Å². The van der Waals surface area contributed by atoms with Gasteiger partial charge in [0, 0.05) is 18.0 Å². The van der Waals surface area contributed by atoms with Crippen molar-refractivity contribution >= 4 is 32.2 Å². The van der Waals surface area contributed by atoms with E-state index in [9.17, 15) is 26.4 Å². The zero-order chi connectivity index (χ0) is 27.0. The maximum absolute atomic E-state index is 12.9. The van der Waals surface area contributed by atoms with Crippen LogP contribution in [-0.4, -0.2) is 30.0 Å². The topological polar surface area (TPSA) is 79.4 Å². The van der Waals surface area contributed by atoms with Gasteiger partial charge in [-0.2, -0.15) is 13.2 Å². The molecule has 0 aliphatic carbocycles. The fraction of sp³-hybridized carbons (Fsp3) is 0.385. The molecular weight excluding hydrogens is 523 g/mol. The standard InChI is InChI=1S/C26H28F3N3O3S2/c1-4-37(34,35)20-11-7-17(8-12-20)13-22(33)30-25-31-23-21(36-25)15-32(24(23)16(2)3)14-18-5-9-19(10-6-18)26(27,28)29/h5-12,16,24H,4,13-15H2,1-3H3,(H,30,31,33)/t24-/m0/s1. The molecular formula is C26H28F3N3O3S2. The van der Waals surface area contributed by atoms with Crippen molar-refractivity contribution < 1.29 is 26.4 Å². The number of alkyl halides is 3. The van der Waals surface area contributed by atoms with E-state index in [2.05, 4.69) is 29.0 Å². The summed E-state index contributed by atoms with van der Waals surface area (Å²) in [6, 6.07) is 11.5. The molecule has 1 amide bonds. The highest BCUT2D eigenvalue weighted by Gasteiger charge is 2.36. The highest BCUT2D eigenvalue weighted by atomic mass is 32.2. The monoisotopic (exact) mass is 551 g/mol. The first-order chi connectivity index (χ1) is 17.4. The first-order valence-electron chi connectivity index (χ1n) is 11.9. The Morgan fingerprint density at radius 1 is 1.11 bits per heavy atom. The molecule has 1 N–H and O–H groups in total. The zero-order valence-corrected chi connectivity index (χ0v) is 22.3. The second-order valence-corrected chi connectivity index (χ2v) is 12.8. The van der Waals surface area contributed by atoms with Crippen molar-refractivity contribution in [1.82, 2.24) is 9.88 Å². The molecule has 4 rings (SSSR count). The molecule has 0 spiro atoms. The molecule has 2 heterocycles. The lowest BCUT2D eigenvalue weighted by atomic mass is 10.0. The van der Waals surface area contributed by atoms with Gasteiger partial charge in [0.25, 0.3) is 0 Å². The lowest BCUT2D eigenvalue weighted by molar-refractivity contribution is -0.137. The van der Waals surface area contributed by atoms with Gasteiger partial charge in [0.1, 0.15) is 0 Å². The van der Waals surface area contributed by atoms with Crippen molar-refractivity contribution in [2.24, 2.45) is 5.92 Å². The highest BCUT2D eigenvalue weighted by molar-refractivity contribution is 7.91. The Labute approximate surface area is 218 Å². The summed E-state index contributed by atoms with van der Waals surface area (Å²) in [5.74, 6) is -0.0266. The SMILES string of the molecule is CCS(=O)(=O)c1ccc(CC(=O)Nc2nc3c(s2)CN(Cc2ccc(C(F)(F)F)cc2)[C@H]3C(C)C)cc1. The zero-order valence-electron chi connectivity index (χ0n) is 20.7. The number of benzene rings is 2. The Morgan fingerprint density at radius 2 is 1.73 bits per heavy atom. The van der Waals surface area contributed by atoms with Gasteiger partial charge in [0.05, 0.1) is 34.4 Å². The third-order valence-electron chi connectivity index (χ3n) is 6.32. The van der Waals surface area contributed by atoms with E-state index in [1.165, 1.54) is 35.6 Å². The van der Waals surface area contributed by atoms with Gasteiger partial charge in [-0.1, -0.05) is 45.0 Å². The summed E-state index contributed by atoms with van der Waals surface area (Å²) in [5.41, 5.74) is 1.71. The fourth-order valence-corrected chi connectivity index (χ4v) is 6.40. The molecule has 0 saturated heterocycles. The number of aromatic nitrogens is 1. The molecule has 11 heteroatoms. The Bertz CT molecular complexity index is 1370. The Balaban J connectivity index is 1.41. The van der Waals surface area contributed by atoms with Crippen molar-refractivity contribution in [3.8, 4) is 0 Å². The summed E-state index contributed by atoms with van der Waals surface area (Å²) >= 11 is 1.40. The van der Waals surface area contributed by atoms with Gasteiger partial charge < -0.3 is 5.32 Å². The number of nitrogens with zero attached hydrogens (tertiary/aromatic N) is 2. The van der Waals surface area contributed by atoms with Gasteiger partial charge >= 0.3 is 6.18 Å². The van der Waals surface area contributed by atoms with E-state index < -0.39 is 21.6 Å².